The molecule has 2 N–H and O–H groups in total. The van der Waals surface area contributed by atoms with Gasteiger partial charge in [0.25, 0.3) is 5.91 Å². The number of benzene rings is 1. The van der Waals surface area contributed by atoms with Gasteiger partial charge in [-0.05, 0) is 65.0 Å². The van der Waals surface area contributed by atoms with E-state index in [1.54, 1.807) is 6.07 Å². The third-order valence-corrected chi connectivity index (χ3v) is 4.68. The third kappa shape index (κ3) is 3.04. The van der Waals surface area contributed by atoms with Crippen LogP contribution >= 0.6 is 15.9 Å². The van der Waals surface area contributed by atoms with E-state index < -0.39 is 0 Å². The number of anilines is 1. The highest BCUT2D eigenvalue weighted by atomic mass is 79.9. The van der Waals surface area contributed by atoms with Gasteiger partial charge in [0.1, 0.15) is 5.76 Å². The molecular weight excluding hydrogens is 344 g/mol. The van der Waals surface area contributed by atoms with Crippen molar-refractivity contribution in [3.05, 3.63) is 40.6 Å². The van der Waals surface area contributed by atoms with Gasteiger partial charge in [0.2, 0.25) is 0 Å². The summed E-state index contributed by atoms with van der Waals surface area (Å²) in [6.07, 6.45) is 2.25. The van der Waals surface area contributed by atoms with Crippen LogP contribution in [0.4, 0.5) is 5.69 Å². The molecule has 22 heavy (non-hydrogen) atoms. The lowest BCUT2D eigenvalue weighted by Gasteiger charge is -2.30. The van der Waals surface area contributed by atoms with Gasteiger partial charge in [0, 0.05) is 28.8 Å². The summed E-state index contributed by atoms with van der Waals surface area (Å²) in [5.74, 6) is 1.59. The van der Waals surface area contributed by atoms with E-state index in [1.165, 1.54) is 6.42 Å². The second-order valence-electron chi connectivity index (χ2n) is 5.90. The molecule has 0 radical (unpaired) electrons. The number of hydrogen-bond acceptors (Lipinski definition) is 3. The van der Waals surface area contributed by atoms with Crippen LogP contribution in [0, 0.1) is 5.92 Å². The summed E-state index contributed by atoms with van der Waals surface area (Å²) in [6.45, 7) is 3.80. The molecule has 0 bridgehead atoms. The zero-order valence-electron chi connectivity index (χ0n) is 12.5. The molecule has 1 aliphatic heterocycles. The number of piperidine rings is 1. The molecular formula is C17H19BrN2O2. The fourth-order valence-electron chi connectivity index (χ4n) is 2.86. The van der Waals surface area contributed by atoms with Crippen molar-refractivity contribution in [2.45, 2.75) is 19.8 Å². The van der Waals surface area contributed by atoms with Crippen molar-refractivity contribution < 1.29 is 9.21 Å². The fraction of sp³-hybridized carbons (Fsp3) is 0.353. The number of rotatable bonds is 2. The summed E-state index contributed by atoms with van der Waals surface area (Å²) < 4.78 is 6.63. The number of carbonyl (C=O) groups excluding carboxylic acids is 1. The Morgan fingerprint density at radius 3 is 2.91 bits per heavy atom. The molecule has 4 nitrogen and oxygen atoms in total. The molecule has 1 aliphatic rings. The zero-order chi connectivity index (χ0) is 15.7. The quantitative estimate of drug-likeness (QED) is 0.815. The largest absolute Gasteiger partial charge is 0.451 e. The van der Waals surface area contributed by atoms with Gasteiger partial charge in [-0.3, -0.25) is 4.79 Å². The molecule has 5 heteroatoms. The highest BCUT2D eigenvalue weighted by Crippen LogP contribution is 2.31. The first kappa shape index (κ1) is 15.2. The predicted octanol–water partition coefficient (Wildman–Crippen LogP) is 4.16. The Labute approximate surface area is 138 Å². The SMILES string of the molecule is CC1CCCN(C(=O)c2ccc(-c3ccc(N)cc3Br)o2)C1. The molecule has 1 fully saturated rings. The van der Waals surface area contributed by atoms with Crippen molar-refractivity contribution in [2.24, 2.45) is 5.92 Å². The normalized spacial score (nSPS) is 18.5. The van der Waals surface area contributed by atoms with Crippen LogP contribution in [0.5, 0.6) is 0 Å². The minimum absolute atomic E-state index is 0.0237. The van der Waals surface area contributed by atoms with Crippen molar-refractivity contribution in [3.63, 3.8) is 0 Å². The van der Waals surface area contributed by atoms with E-state index in [2.05, 4.69) is 22.9 Å². The first-order valence-electron chi connectivity index (χ1n) is 7.49. The first-order chi connectivity index (χ1) is 10.5. The van der Waals surface area contributed by atoms with Gasteiger partial charge in [-0.25, -0.2) is 0 Å². The van der Waals surface area contributed by atoms with Crippen LogP contribution in [0.15, 0.2) is 39.2 Å². The van der Waals surface area contributed by atoms with Crippen LogP contribution in [-0.2, 0) is 0 Å². The number of hydrogen-bond donors (Lipinski definition) is 1. The molecule has 116 valence electrons. The second-order valence-corrected chi connectivity index (χ2v) is 6.76. The second kappa shape index (κ2) is 6.16. The van der Waals surface area contributed by atoms with Crippen molar-refractivity contribution in [2.75, 3.05) is 18.8 Å². The smallest absolute Gasteiger partial charge is 0.289 e. The highest BCUT2D eigenvalue weighted by molar-refractivity contribution is 9.10. The van der Waals surface area contributed by atoms with Crippen LogP contribution < -0.4 is 5.73 Å². The molecule has 1 atom stereocenters. The lowest BCUT2D eigenvalue weighted by molar-refractivity contribution is 0.0652. The first-order valence-corrected chi connectivity index (χ1v) is 8.28. The van der Waals surface area contributed by atoms with Crippen molar-refractivity contribution in [3.8, 4) is 11.3 Å². The third-order valence-electron chi connectivity index (χ3n) is 4.02. The maximum Gasteiger partial charge on any atom is 0.289 e. The molecule has 1 aromatic carbocycles. The van der Waals surface area contributed by atoms with E-state index >= 15 is 0 Å². The van der Waals surface area contributed by atoms with Crippen LogP contribution in [-0.4, -0.2) is 23.9 Å². The number of likely N-dealkylation sites (tertiary alicyclic amines) is 1. The maximum absolute atomic E-state index is 12.5. The standard InChI is InChI=1S/C17H19BrN2O2/c1-11-3-2-8-20(10-11)17(21)16-7-6-15(22-16)13-5-4-12(19)9-14(13)18/h4-7,9,11H,2-3,8,10,19H2,1H3. The monoisotopic (exact) mass is 362 g/mol. The van der Waals surface area contributed by atoms with Crippen molar-refractivity contribution >= 4 is 27.5 Å². The number of carbonyl (C=O) groups is 1. The minimum Gasteiger partial charge on any atom is -0.451 e. The van der Waals surface area contributed by atoms with E-state index in [4.69, 9.17) is 10.2 Å². The summed E-state index contributed by atoms with van der Waals surface area (Å²) in [6, 6.07) is 9.11. The molecule has 1 saturated heterocycles. The summed E-state index contributed by atoms with van der Waals surface area (Å²) in [7, 11) is 0. The molecule has 1 aromatic heterocycles. The highest BCUT2D eigenvalue weighted by Gasteiger charge is 2.24. The van der Waals surface area contributed by atoms with E-state index in [1.807, 2.05) is 29.2 Å². The summed E-state index contributed by atoms with van der Waals surface area (Å²) in [4.78, 5) is 14.4. The van der Waals surface area contributed by atoms with E-state index in [0.717, 1.165) is 29.5 Å². The molecule has 0 saturated carbocycles. The number of furan rings is 1. The van der Waals surface area contributed by atoms with Gasteiger partial charge in [0.15, 0.2) is 5.76 Å². The Hall–Kier alpha value is -1.75. The van der Waals surface area contributed by atoms with Crippen molar-refractivity contribution in [1.82, 2.24) is 4.90 Å². The number of nitrogens with zero attached hydrogens (tertiary/aromatic N) is 1. The minimum atomic E-state index is -0.0237. The average Bonchev–Trinajstić information content (AvgIpc) is 2.96. The number of nitrogens with two attached hydrogens (primary N) is 1. The van der Waals surface area contributed by atoms with Gasteiger partial charge in [-0.2, -0.15) is 0 Å². The Morgan fingerprint density at radius 1 is 1.36 bits per heavy atom. The Balaban J connectivity index is 1.82. The zero-order valence-corrected chi connectivity index (χ0v) is 14.1. The summed E-state index contributed by atoms with van der Waals surface area (Å²) in [5, 5.41) is 0. The molecule has 3 rings (SSSR count). The Kier molecular flexibility index (Phi) is 4.25. The van der Waals surface area contributed by atoms with Crippen molar-refractivity contribution in [1.29, 1.82) is 0 Å². The molecule has 1 amide bonds. The van der Waals surface area contributed by atoms with Crippen LogP contribution in [0.25, 0.3) is 11.3 Å². The average molecular weight is 363 g/mol. The maximum atomic E-state index is 12.5. The van der Waals surface area contributed by atoms with Crippen LogP contribution in [0.2, 0.25) is 0 Å². The van der Waals surface area contributed by atoms with Crippen LogP contribution in [0.3, 0.4) is 0 Å². The number of halogens is 1. The summed E-state index contributed by atoms with van der Waals surface area (Å²) in [5.41, 5.74) is 7.32. The number of nitrogen functional groups attached to an aromatic ring is 1. The molecule has 0 spiro atoms. The molecule has 1 unspecified atom stereocenters. The molecule has 2 aromatic rings. The van der Waals surface area contributed by atoms with E-state index in [9.17, 15) is 4.79 Å². The van der Waals surface area contributed by atoms with E-state index in [-0.39, 0.29) is 5.91 Å². The predicted molar refractivity (Wildman–Crippen MR) is 90.6 cm³/mol. The fourth-order valence-corrected chi connectivity index (χ4v) is 3.45. The van der Waals surface area contributed by atoms with Gasteiger partial charge in [-0.15, -0.1) is 0 Å². The van der Waals surface area contributed by atoms with Gasteiger partial charge < -0.3 is 15.1 Å². The Bertz CT molecular complexity index is 696. The lowest BCUT2D eigenvalue weighted by atomic mass is 10.0. The van der Waals surface area contributed by atoms with Gasteiger partial charge >= 0.3 is 0 Å². The molecule has 0 aliphatic carbocycles. The Morgan fingerprint density at radius 2 is 2.18 bits per heavy atom. The number of amides is 1. The topological polar surface area (TPSA) is 59.5 Å². The van der Waals surface area contributed by atoms with Gasteiger partial charge in [0.05, 0.1) is 0 Å². The summed E-state index contributed by atoms with van der Waals surface area (Å²) >= 11 is 3.48. The van der Waals surface area contributed by atoms with E-state index in [0.29, 0.717) is 23.1 Å². The molecule has 2 heterocycles. The lowest BCUT2D eigenvalue weighted by Crippen LogP contribution is -2.38. The van der Waals surface area contributed by atoms with Crippen LogP contribution in [0.1, 0.15) is 30.3 Å². The van der Waals surface area contributed by atoms with Gasteiger partial charge in [-0.1, -0.05) is 6.92 Å².